The topological polar surface area (TPSA) is 80.8 Å². The third-order valence-corrected chi connectivity index (χ3v) is 6.78. The van der Waals surface area contributed by atoms with Crippen molar-refractivity contribution in [2.24, 2.45) is 35.5 Å². The molecule has 0 radical (unpaired) electrons. The molecule has 2 amide bonds. The lowest BCUT2D eigenvalue weighted by Crippen LogP contribution is -2.40. The van der Waals surface area contributed by atoms with Crippen LogP contribution >= 0.6 is 0 Å². The molecule has 6 rings (SSSR count). The van der Waals surface area contributed by atoms with E-state index < -0.39 is 5.97 Å². The Kier molecular flexibility index (Phi) is 3.79. The van der Waals surface area contributed by atoms with Crippen molar-refractivity contribution in [2.45, 2.75) is 19.8 Å². The Labute approximate surface area is 162 Å². The van der Waals surface area contributed by atoms with Gasteiger partial charge < -0.3 is 4.74 Å². The molecule has 2 saturated carbocycles. The molecule has 0 N–H and O–H groups in total. The van der Waals surface area contributed by atoms with Crippen molar-refractivity contribution < 1.29 is 23.9 Å². The van der Waals surface area contributed by atoms with E-state index in [1.807, 2.05) is 0 Å². The predicted molar refractivity (Wildman–Crippen MR) is 98.1 cm³/mol. The quantitative estimate of drug-likeness (QED) is 0.258. The minimum atomic E-state index is -0.562. The molecule has 3 fully saturated rings. The Morgan fingerprint density at radius 3 is 2.25 bits per heavy atom. The second kappa shape index (κ2) is 6.12. The first-order valence-corrected chi connectivity index (χ1v) is 9.81. The molecule has 1 aliphatic heterocycles. The molecule has 28 heavy (non-hydrogen) atoms. The third kappa shape index (κ3) is 2.47. The molecule has 4 aliphatic carbocycles. The van der Waals surface area contributed by atoms with Gasteiger partial charge in [-0.2, -0.15) is 0 Å². The van der Waals surface area contributed by atoms with Crippen LogP contribution in [-0.2, 0) is 14.4 Å². The molecule has 6 heteroatoms. The maximum atomic E-state index is 12.9. The number of rotatable bonds is 5. The summed E-state index contributed by atoms with van der Waals surface area (Å²) in [6.07, 6.45) is 5.29. The Bertz CT molecular complexity index is 899. The Morgan fingerprint density at radius 2 is 1.64 bits per heavy atom. The van der Waals surface area contributed by atoms with Crippen molar-refractivity contribution in [1.29, 1.82) is 0 Å². The largest absolute Gasteiger partial charge is 0.426 e. The van der Waals surface area contributed by atoms with Gasteiger partial charge in [0, 0.05) is 6.54 Å². The van der Waals surface area contributed by atoms with E-state index in [1.165, 1.54) is 11.8 Å². The lowest BCUT2D eigenvalue weighted by molar-refractivity contribution is -0.141. The summed E-state index contributed by atoms with van der Waals surface area (Å²) in [5, 5.41) is 0. The van der Waals surface area contributed by atoms with Gasteiger partial charge in [0.2, 0.25) is 11.8 Å². The number of nitrogens with zero attached hydrogens (tertiary/aromatic N) is 1. The maximum absolute atomic E-state index is 12.9. The Balaban J connectivity index is 1.26. The fraction of sp³-hybridized carbons (Fsp3) is 0.455. The van der Waals surface area contributed by atoms with Crippen molar-refractivity contribution in [2.75, 3.05) is 6.54 Å². The summed E-state index contributed by atoms with van der Waals surface area (Å²) in [6, 6.07) is 6.54. The number of likely N-dealkylation sites (tertiary alicyclic amines) is 1. The van der Waals surface area contributed by atoms with Crippen molar-refractivity contribution in [3.05, 3.63) is 42.0 Å². The van der Waals surface area contributed by atoms with Gasteiger partial charge in [0.05, 0.1) is 23.8 Å². The number of carbonyl (C=O) groups excluding carboxylic acids is 4. The van der Waals surface area contributed by atoms with Crippen LogP contribution in [0.3, 0.4) is 0 Å². The summed E-state index contributed by atoms with van der Waals surface area (Å²) in [5.74, 6) is 0.130. The van der Waals surface area contributed by atoms with E-state index in [-0.39, 0.29) is 60.0 Å². The molecule has 144 valence electrons. The molecule has 1 aromatic rings. The van der Waals surface area contributed by atoms with Gasteiger partial charge in [0.1, 0.15) is 5.75 Å². The molecule has 5 aliphatic rings. The zero-order valence-electron chi connectivity index (χ0n) is 15.5. The van der Waals surface area contributed by atoms with Crippen LogP contribution in [0.2, 0.25) is 0 Å². The summed E-state index contributed by atoms with van der Waals surface area (Å²) < 4.78 is 5.31. The van der Waals surface area contributed by atoms with E-state index >= 15 is 0 Å². The molecule has 0 aromatic heterocycles. The number of hydrogen-bond donors (Lipinski definition) is 0. The molecular weight excluding hydrogens is 358 g/mol. The van der Waals surface area contributed by atoms with Gasteiger partial charge in [-0.05, 0) is 49.1 Å². The van der Waals surface area contributed by atoms with E-state index in [0.29, 0.717) is 17.4 Å². The van der Waals surface area contributed by atoms with E-state index in [1.54, 1.807) is 24.3 Å². The van der Waals surface area contributed by atoms with E-state index in [4.69, 9.17) is 4.74 Å². The zero-order chi connectivity index (χ0) is 19.6. The Morgan fingerprint density at radius 1 is 1.04 bits per heavy atom. The van der Waals surface area contributed by atoms with Crippen molar-refractivity contribution >= 4 is 23.6 Å². The summed E-state index contributed by atoms with van der Waals surface area (Å²) in [7, 11) is 0. The first-order chi connectivity index (χ1) is 13.5. The number of carbonyl (C=O) groups is 4. The number of ether oxygens (including phenoxy) is 1. The third-order valence-electron chi connectivity index (χ3n) is 6.78. The van der Waals surface area contributed by atoms with Crippen LogP contribution in [0.1, 0.15) is 30.1 Å². The number of amides is 2. The van der Waals surface area contributed by atoms with Crippen LogP contribution in [0.5, 0.6) is 5.75 Å². The second-order valence-electron chi connectivity index (χ2n) is 8.26. The van der Waals surface area contributed by atoms with E-state index in [2.05, 4.69) is 12.2 Å². The second-order valence-corrected chi connectivity index (χ2v) is 8.26. The number of Topliss-reactive ketones (excluding diaryl/α,β-unsaturated/α-hetero) is 1. The monoisotopic (exact) mass is 379 g/mol. The first-order valence-electron chi connectivity index (χ1n) is 9.81. The van der Waals surface area contributed by atoms with Crippen LogP contribution in [0.15, 0.2) is 36.4 Å². The molecule has 6 nitrogen and oxygen atoms in total. The molecular formula is C22H21NO5. The zero-order valence-corrected chi connectivity index (χ0v) is 15.5. The SMILES string of the molecule is CC(=O)c1ccccc1OC(=O)CCN1C(=O)[C@@H]2[C@@H]3C=C[C@@H]([C@@H]4C[C@H]34)[C@@H]2C1=O. The molecule has 0 spiro atoms. The molecule has 0 unspecified atom stereocenters. The smallest absolute Gasteiger partial charge is 0.313 e. The highest BCUT2D eigenvalue weighted by atomic mass is 16.5. The van der Waals surface area contributed by atoms with Crippen LogP contribution in [0.25, 0.3) is 0 Å². The lowest BCUT2D eigenvalue weighted by Gasteiger charge is -2.37. The normalized spacial score (nSPS) is 34.2. The highest BCUT2D eigenvalue weighted by Crippen LogP contribution is 2.65. The number of benzene rings is 1. The number of ketones is 1. The fourth-order valence-electron chi connectivity index (χ4n) is 5.46. The number of hydrogen-bond acceptors (Lipinski definition) is 5. The van der Waals surface area contributed by atoms with Gasteiger partial charge in [-0.25, -0.2) is 0 Å². The van der Waals surface area contributed by atoms with Crippen molar-refractivity contribution in [1.82, 2.24) is 4.90 Å². The van der Waals surface area contributed by atoms with Crippen molar-refractivity contribution in [3.8, 4) is 5.75 Å². The van der Waals surface area contributed by atoms with E-state index in [0.717, 1.165) is 6.42 Å². The number of imide groups is 1. The summed E-state index contributed by atoms with van der Waals surface area (Å²) >= 11 is 0. The van der Waals surface area contributed by atoms with Crippen LogP contribution in [0.4, 0.5) is 0 Å². The average molecular weight is 379 g/mol. The molecule has 1 aromatic carbocycles. The van der Waals surface area contributed by atoms with Gasteiger partial charge >= 0.3 is 5.97 Å². The van der Waals surface area contributed by atoms with E-state index in [9.17, 15) is 19.2 Å². The Hall–Kier alpha value is -2.76. The summed E-state index contributed by atoms with van der Waals surface area (Å²) in [6.45, 7) is 1.43. The highest BCUT2D eigenvalue weighted by Gasteiger charge is 2.66. The number of allylic oxidation sites excluding steroid dienone is 2. The molecule has 2 bridgehead atoms. The standard InChI is InChI=1S/C22H21NO5/c1-11(24)12-4-2-3-5-17(12)28-18(25)8-9-23-21(26)19-13-6-7-14(16-10-15(13)16)20(19)22(23)27/h2-7,13-16,19-20H,8-10H2,1H3/t13-,14+,15-,16+,19-,20+. The predicted octanol–water partition coefficient (Wildman–Crippen LogP) is 2.24. The highest BCUT2D eigenvalue weighted by molar-refractivity contribution is 6.06. The van der Waals surface area contributed by atoms with Crippen LogP contribution < -0.4 is 4.74 Å². The summed E-state index contributed by atoms with van der Waals surface area (Å²) in [5.41, 5.74) is 0.331. The van der Waals surface area contributed by atoms with Gasteiger partial charge in [-0.1, -0.05) is 24.3 Å². The number of esters is 1. The van der Waals surface area contributed by atoms with Crippen LogP contribution in [0, 0.1) is 35.5 Å². The molecule has 1 saturated heterocycles. The lowest BCUT2D eigenvalue weighted by atomic mass is 9.63. The molecule has 6 atom stereocenters. The van der Waals surface area contributed by atoms with Crippen molar-refractivity contribution in [3.63, 3.8) is 0 Å². The van der Waals surface area contributed by atoms with Crippen LogP contribution in [-0.4, -0.2) is 35.0 Å². The molecule has 1 heterocycles. The minimum absolute atomic E-state index is 0.0283. The fourth-order valence-corrected chi connectivity index (χ4v) is 5.46. The first kappa shape index (κ1) is 17.3. The van der Waals surface area contributed by atoms with Gasteiger partial charge in [-0.3, -0.25) is 24.1 Å². The maximum Gasteiger partial charge on any atom is 0.313 e. The number of para-hydroxylation sites is 1. The minimum Gasteiger partial charge on any atom is -0.426 e. The van der Waals surface area contributed by atoms with Gasteiger partial charge in [-0.15, -0.1) is 0 Å². The summed E-state index contributed by atoms with van der Waals surface area (Å²) in [4.78, 5) is 51.0. The van der Waals surface area contributed by atoms with Gasteiger partial charge in [0.25, 0.3) is 0 Å². The van der Waals surface area contributed by atoms with Gasteiger partial charge in [0.15, 0.2) is 5.78 Å². The average Bonchev–Trinajstić information content (AvgIpc) is 3.46.